The van der Waals surface area contributed by atoms with Crippen molar-refractivity contribution in [3.63, 3.8) is 0 Å². The number of pyridine rings is 1. The summed E-state index contributed by atoms with van der Waals surface area (Å²) in [6.07, 6.45) is 12.4. The minimum Gasteiger partial charge on any atom is -0.349 e. The lowest BCUT2D eigenvalue weighted by Crippen LogP contribution is -2.48. The number of piperidine rings is 1. The Morgan fingerprint density at radius 1 is 1.00 bits per heavy atom. The van der Waals surface area contributed by atoms with Crippen LogP contribution < -0.4 is 5.32 Å². The predicted octanol–water partition coefficient (Wildman–Crippen LogP) is 4.44. The molecule has 172 valence electrons. The molecule has 2 unspecified atom stereocenters. The standard InChI is InChI=1S/C27H33N5O/c33-27(22-13-14-26(28-18-22)32-17-7-15-29-32)30-25-12-5-4-10-24(25)20-31-16-6-11-23(19-31)21-8-2-1-3-9-21/h1-3,7-9,13-15,17-18,23-25H,4-6,10-12,16,19-20H2,(H,30,33)/t23?,24?,25-/m0/s1. The number of likely N-dealkylation sites (tertiary alicyclic amines) is 1. The van der Waals surface area contributed by atoms with Crippen molar-refractivity contribution in [1.82, 2.24) is 25.0 Å². The van der Waals surface area contributed by atoms with Gasteiger partial charge in [-0.2, -0.15) is 5.10 Å². The van der Waals surface area contributed by atoms with Crippen LogP contribution in [0.25, 0.3) is 5.82 Å². The summed E-state index contributed by atoms with van der Waals surface area (Å²) in [6.45, 7) is 3.37. The van der Waals surface area contributed by atoms with Gasteiger partial charge in [0.1, 0.15) is 0 Å². The van der Waals surface area contributed by atoms with E-state index in [1.165, 1.54) is 44.2 Å². The number of nitrogens with zero attached hydrogens (tertiary/aromatic N) is 4. The van der Waals surface area contributed by atoms with E-state index in [-0.39, 0.29) is 11.9 Å². The average Bonchev–Trinajstić information content (AvgIpc) is 3.41. The van der Waals surface area contributed by atoms with Crippen LogP contribution in [0.1, 0.15) is 60.4 Å². The Labute approximate surface area is 196 Å². The summed E-state index contributed by atoms with van der Waals surface area (Å²) in [4.78, 5) is 20.1. The van der Waals surface area contributed by atoms with Crippen molar-refractivity contribution >= 4 is 5.91 Å². The van der Waals surface area contributed by atoms with Gasteiger partial charge < -0.3 is 10.2 Å². The molecule has 1 amide bonds. The molecule has 6 heteroatoms. The number of hydrogen-bond acceptors (Lipinski definition) is 4. The van der Waals surface area contributed by atoms with Crippen LogP contribution in [0.15, 0.2) is 67.1 Å². The highest BCUT2D eigenvalue weighted by molar-refractivity contribution is 5.94. The van der Waals surface area contributed by atoms with Gasteiger partial charge in [-0.25, -0.2) is 9.67 Å². The number of hydrogen-bond donors (Lipinski definition) is 1. The van der Waals surface area contributed by atoms with Gasteiger partial charge in [-0.1, -0.05) is 43.2 Å². The number of benzene rings is 1. The van der Waals surface area contributed by atoms with Crippen molar-refractivity contribution in [2.45, 2.75) is 50.5 Å². The monoisotopic (exact) mass is 443 g/mol. The van der Waals surface area contributed by atoms with Crippen LogP contribution >= 0.6 is 0 Å². The first-order valence-electron chi connectivity index (χ1n) is 12.3. The number of nitrogens with one attached hydrogen (secondary N) is 1. The zero-order valence-electron chi connectivity index (χ0n) is 19.1. The molecule has 1 aromatic carbocycles. The van der Waals surface area contributed by atoms with Gasteiger partial charge in [0.15, 0.2) is 5.82 Å². The number of amides is 1. The van der Waals surface area contributed by atoms with Crippen LogP contribution in [0.3, 0.4) is 0 Å². The number of carbonyl (C=O) groups excluding carboxylic acids is 1. The molecule has 33 heavy (non-hydrogen) atoms. The Morgan fingerprint density at radius 2 is 1.88 bits per heavy atom. The van der Waals surface area contributed by atoms with Crippen LogP contribution in [0.5, 0.6) is 0 Å². The van der Waals surface area contributed by atoms with Gasteiger partial charge in [0.05, 0.1) is 5.56 Å². The maximum Gasteiger partial charge on any atom is 0.253 e. The summed E-state index contributed by atoms with van der Waals surface area (Å²) in [7, 11) is 0. The first-order chi connectivity index (χ1) is 16.3. The molecule has 1 aliphatic heterocycles. The second-order valence-electron chi connectivity index (χ2n) is 9.49. The van der Waals surface area contributed by atoms with Crippen molar-refractivity contribution in [3.8, 4) is 5.82 Å². The van der Waals surface area contributed by atoms with E-state index < -0.39 is 0 Å². The Morgan fingerprint density at radius 3 is 2.67 bits per heavy atom. The molecule has 1 N–H and O–H groups in total. The van der Waals surface area contributed by atoms with Gasteiger partial charge in [-0.3, -0.25) is 4.79 Å². The van der Waals surface area contributed by atoms with E-state index in [9.17, 15) is 4.79 Å². The Bertz CT molecular complexity index is 1020. The molecule has 0 radical (unpaired) electrons. The van der Waals surface area contributed by atoms with E-state index in [1.54, 1.807) is 17.1 Å². The third-order valence-electron chi connectivity index (χ3n) is 7.24. The second-order valence-corrected chi connectivity index (χ2v) is 9.49. The van der Waals surface area contributed by atoms with Gasteiger partial charge in [-0.15, -0.1) is 0 Å². The lowest BCUT2D eigenvalue weighted by molar-refractivity contribution is 0.0871. The molecule has 0 spiro atoms. The molecular weight excluding hydrogens is 410 g/mol. The summed E-state index contributed by atoms with van der Waals surface area (Å²) in [5.41, 5.74) is 2.07. The van der Waals surface area contributed by atoms with E-state index in [0.29, 0.717) is 23.2 Å². The average molecular weight is 444 g/mol. The number of rotatable bonds is 6. The minimum atomic E-state index is -0.0211. The van der Waals surface area contributed by atoms with E-state index in [2.05, 4.69) is 50.6 Å². The Kier molecular flexibility index (Phi) is 6.81. The Hall–Kier alpha value is -2.99. The van der Waals surface area contributed by atoms with Gasteiger partial charge in [0.25, 0.3) is 5.91 Å². The second kappa shape index (κ2) is 10.3. The van der Waals surface area contributed by atoms with Crippen molar-refractivity contribution in [2.24, 2.45) is 5.92 Å². The lowest BCUT2D eigenvalue weighted by Gasteiger charge is -2.39. The lowest BCUT2D eigenvalue weighted by atomic mass is 9.83. The fourth-order valence-corrected chi connectivity index (χ4v) is 5.48. The molecule has 5 rings (SSSR count). The first kappa shape index (κ1) is 21.8. The maximum absolute atomic E-state index is 13.0. The predicted molar refractivity (Wildman–Crippen MR) is 129 cm³/mol. The van der Waals surface area contributed by atoms with E-state index in [0.717, 1.165) is 19.5 Å². The molecule has 1 saturated carbocycles. The van der Waals surface area contributed by atoms with Crippen LogP contribution in [-0.2, 0) is 0 Å². The highest BCUT2D eigenvalue weighted by atomic mass is 16.1. The molecule has 1 saturated heterocycles. The van der Waals surface area contributed by atoms with Crippen molar-refractivity contribution in [1.29, 1.82) is 0 Å². The van der Waals surface area contributed by atoms with Crippen LogP contribution in [0, 0.1) is 5.92 Å². The normalized spacial score (nSPS) is 23.8. The van der Waals surface area contributed by atoms with Crippen LogP contribution in [0.2, 0.25) is 0 Å². The molecule has 3 atom stereocenters. The molecule has 2 fully saturated rings. The van der Waals surface area contributed by atoms with Crippen LogP contribution in [0.4, 0.5) is 0 Å². The fraction of sp³-hybridized carbons (Fsp3) is 0.444. The highest BCUT2D eigenvalue weighted by Gasteiger charge is 2.30. The third-order valence-corrected chi connectivity index (χ3v) is 7.24. The summed E-state index contributed by atoms with van der Waals surface area (Å²) >= 11 is 0. The summed E-state index contributed by atoms with van der Waals surface area (Å²) in [5.74, 6) is 1.82. The summed E-state index contributed by atoms with van der Waals surface area (Å²) in [6, 6.07) is 16.7. The van der Waals surface area contributed by atoms with E-state index >= 15 is 0 Å². The zero-order chi connectivity index (χ0) is 22.5. The van der Waals surface area contributed by atoms with Gasteiger partial charge in [0, 0.05) is 37.7 Å². The Balaban J connectivity index is 1.20. The van der Waals surface area contributed by atoms with Crippen LogP contribution in [-0.4, -0.2) is 51.2 Å². The largest absolute Gasteiger partial charge is 0.349 e. The van der Waals surface area contributed by atoms with E-state index in [1.807, 2.05) is 24.4 Å². The topological polar surface area (TPSA) is 63.1 Å². The summed E-state index contributed by atoms with van der Waals surface area (Å²) in [5, 5.41) is 7.54. The third kappa shape index (κ3) is 5.33. The SMILES string of the molecule is O=C(N[C@H]1CCCCC1CN1CCCC(c2ccccc2)C1)c1ccc(-n2cccn2)nc1. The molecule has 2 aromatic heterocycles. The molecule has 2 aliphatic rings. The van der Waals surface area contributed by atoms with Crippen molar-refractivity contribution in [2.75, 3.05) is 19.6 Å². The smallest absolute Gasteiger partial charge is 0.253 e. The zero-order valence-corrected chi connectivity index (χ0v) is 19.1. The van der Waals surface area contributed by atoms with Crippen molar-refractivity contribution in [3.05, 3.63) is 78.2 Å². The number of aromatic nitrogens is 3. The molecule has 6 nitrogen and oxygen atoms in total. The highest BCUT2D eigenvalue weighted by Crippen LogP contribution is 2.30. The molecule has 1 aliphatic carbocycles. The minimum absolute atomic E-state index is 0.0211. The van der Waals surface area contributed by atoms with Gasteiger partial charge in [0.2, 0.25) is 0 Å². The number of carbonyl (C=O) groups is 1. The van der Waals surface area contributed by atoms with E-state index in [4.69, 9.17) is 0 Å². The fourth-order valence-electron chi connectivity index (χ4n) is 5.48. The van der Waals surface area contributed by atoms with Crippen molar-refractivity contribution < 1.29 is 4.79 Å². The molecule has 3 aromatic rings. The quantitative estimate of drug-likeness (QED) is 0.612. The van der Waals surface area contributed by atoms with Gasteiger partial charge >= 0.3 is 0 Å². The first-order valence-corrected chi connectivity index (χ1v) is 12.3. The molecule has 3 heterocycles. The molecule has 0 bridgehead atoms. The van der Waals surface area contributed by atoms with Gasteiger partial charge in [-0.05, 0) is 67.8 Å². The summed E-state index contributed by atoms with van der Waals surface area (Å²) < 4.78 is 1.69. The molecular formula is C27H33N5O. The maximum atomic E-state index is 13.0.